The minimum absolute atomic E-state index is 0.897. The maximum Gasteiger partial charge on any atom is 0.0816 e. The van der Waals surface area contributed by atoms with Gasteiger partial charge in [-0.15, -0.1) is 0 Å². The smallest absolute Gasteiger partial charge is 0.0816 e. The fraction of sp³-hybridized carbons (Fsp3) is 0.750. The van der Waals surface area contributed by atoms with Crippen LogP contribution in [0.1, 0.15) is 398 Å². The topological polar surface area (TPSA) is 24.7 Å². The highest BCUT2D eigenvalue weighted by Crippen LogP contribution is 2.21. The van der Waals surface area contributed by atoms with E-state index >= 15 is 0 Å². The fourth-order valence-corrected chi connectivity index (χ4v) is 11.9. The van der Waals surface area contributed by atoms with Gasteiger partial charge in [0.2, 0.25) is 0 Å². The van der Waals surface area contributed by atoms with Crippen LogP contribution in [0, 0.1) is 0 Å². The Morgan fingerprint density at radius 3 is 0.744 bits per heavy atom. The Morgan fingerprint density at radius 2 is 0.476 bits per heavy atom. The van der Waals surface area contributed by atoms with Crippen molar-refractivity contribution in [2.75, 3.05) is 0 Å². The molecule has 82 heavy (non-hydrogen) atoms. The average molecular weight is 1130 g/mol. The number of allylic oxidation sites excluding steroid dienone is 4. The molecular weight excluding hydrogens is 989 g/mol. The van der Waals surface area contributed by atoms with Crippen LogP contribution >= 0.6 is 0 Å². The van der Waals surface area contributed by atoms with Gasteiger partial charge >= 0.3 is 0 Å². The number of aliphatic imine (C=N–C) groups is 2. The summed E-state index contributed by atoms with van der Waals surface area (Å²) >= 11 is 0. The van der Waals surface area contributed by atoms with Crippen LogP contribution in [0.3, 0.4) is 0 Å². The van der Waals surface area contributed by atoms with E-state index in [1.165, 1.54) is 371 Å². The van der Waals surface area contributed by atoms with Crippen LogP contribution in [0.4, 0.5) is 11.4 Å². The first kappa shape index (κ1) is 75.1. The molecule has 0 atom stereocenters. The normalized spacial score (nSPS) is 12.3. The van der Waals surface area contributed by atoms with E-state index in [4.69, 9.17) is 9.98 Å². The monoisotopic (exact) mass is 1130 g/mol. The lowest BCUT2D eigenvalue weighted by atomic mass is 10.0. The van der Waals surface area contributed by atoms with Crippen LogP contribution in [-0.4, -0.2) is 11.9 Å². The second-order valence-electron chi connectivity index (χ2n) is 25.6. The van der Waals surface area contributed by atoms with E-state index in [0.717, 1.165) is 23.5 Å². The quantitative estimate of drug-likeness (QED) is 0.0466. The summed E-state index contributed by atoms with van der Waals surface area (Å²) in [6.45, 7) is 6.90. The zero-order valence-corrected chi connectivity index (χ0v) is 55.4. The van der Waals surface area contributed by atoms with Gasteiger partial charge in [0, 0.05) is 0 Å². The van der Waals surface area contributed by atoms with Crippen molar-refractivity contribution in [2.24, 2.45) is 9.98 Å². The fourth-order valence-electron chi connectivity index (χ4n) is 11.9. The molecule has 0 aromatic heterocycles. The van der Waals surface area contributed by atoms with Crippen molar-refractivity contribution in [1.82, 2.24) is 0 Å². The number of benzene rings is 2. The molecule has 0 aliphatic carbocycles. The zero-order chi connectivity index (χ0) is 58.2. The summed E-state index contributed by atoms with van der Waals surface area (Å²) in [5.74, 6) is 0. The molecule has 0 saturated heterocycles. The van der Waals surface area contributed by atoms with Crippen molar-refractivity contribution in [3.63, 3.8) is 0 Å². The Hall–Kier alpha value is -3.00. The Kier molecular flexibility index (Phi) is 57.3. The first-order valence-corrected chi connectivity index (χ1v) is 37.1. The lowest BCUT2D eigenvalue weighted by Gasteiger charge is -2.04. The first-order chi connectivity index (χ1) is 40.7. The van der Waals surface area contributed by atoms with Crippen molar-refractivity contribution in [2.45, 2.75) is 387 Å². The van der Waals surface area contributed by atoms with Gasteiger partial charge in [-0.3, -0.25) is 4.99 Å². The molecule has 0 N–H and O–H groups in total. The number of hydrogen-bond donors (Lipinski definition) is 0. The lowest BCUT2D eigenvalue weighted by molar-refractivity contribution is 0.516. The van der Waals surface area contributed by atoms with Crippen molar-refractivity contribution in [3.8, 4) is 0 Å². The summed E-state index contributed by atoms with van der Waals surface area (Å²) in [6.07, 6.45) is 96.3. The molecule has 2 rings (SSSR count). The standard InChI is InChI=1S/C80H138N2/c1-4-7-10-13-16-18-20-22-24-26-28-30-32-34-36-38-40-42-44-46-48-50-52-54-56-58-61-64-76-67-71-78(72-68-76)81-75-80(66-63-60-15-12-9-6-3)82-79-73-69-77(70-74-79)65-62-59-57-55-53-51-49-47-45-43-41-39-37-35-33-31-29-27-25-23-21-19-17-14-11-8-5-2/h61-75H,4-60H2,1-3H3. The molecule has 0 aliphatic rings. The number of unbranched alkanes of at least 4 members (excludes halogenated alkanes) is 54. The highest BCUT2D eigenvalue weighted by molar-refractivity contribution is 6.36. The SMILES string of the molecule is CCCCCCC=CC(C=Nc1ccc(C=CCCCCCCCCCCCCCCCCCCCCCCCCCCC)cc1)=Nc1ccc(C=CCCCCCCCCCCCCCCCCCCCCCCCCCCC)cc1. The van der Waals surface area contributed by atoms with Crippen molar-refractivity contribution in [1.29, 1.82) is 0 Å². The van der Waals surface area contributed by atoms with E-state index in [1.54, 1.807) is 0 Å². The third kappa shape index (κ3) is 52.5. The molecule has 2 aromatic rings. The molecule has 0 amide bonds. The predicted octanol–water partition coefficient (Wildman–Crippen LogP) is 29.0. The molecule has 0 unspecified atom stereocenters. The molecule has 2 aromatic carbocycles. The average Bonchev–Trinajstić information content (AvgIpc) is 3.54. The van der Waals surface area contributed by atoms with E-state index in [0.29, 0.717) is 0 Å². The summed E-state index contributed by atoms with van der Waals surface area (Å²) in [5, 5.41) is 0. The Labute approximate surface area is 513 Å². The Bertz CT molecular complexity index is 1730. The van der Waals surface area contributed by atoms with Crippen molar-refractivity contribution < 1.29 is 0 Å². The van der Waals surface area contributed by atoms with Gasteiger partial charge in [0.15, 0.2) is 0 Å². The van der Waals surface area contributed by atoms with Gasteiger partial charge in [-0.05, 0) is 80.0 Å². The van der Waals surface area contributed by atoms with Crippen LogP contribution in [-0.2, 0) is 0 Å². The molecule has 2 heteroatoms. The Morgan fingerprint density at radius 1 is 0.256 bits per heavy atom. The first-order valence-electron chi connectivity index (χ1n) is 37.1. The second kappa shape index (κ2) is 62.5. The van der Waals surface area contributed by atoms with Gasteiger partial charge in [-0.2, -0.15) is 0 Å². The molecular formula is C80H138N2. The largest absolute Gasteiger partial charge is 0.255 e. The van der Waals surface area contributed by atoms with Gasteiger partial charge in [0.1, 0.15) is 0 Å². The maximum atomic E-state index is 5.04. The summed E-state index contributed by atoms with van der Waals surface area (Å²) in [6, 6.07) is 17.4. The van der Waals surface area contributed by atoms with E-state index in [-0.39, 0.29) is 0 Å². The van der Waals surface area contributed by atoms with Crippen LogP contribution in [0.15, 0.2) is 82.8 Å². The molecule has 0 radical (unpaired) electrons. The van der Waals surface area contributed by atoms with E-state index < -0.39 is 0 Å². The summed E-state index contributed by atoms with van der Waals surface area (Å²) in [5.41, 5.74) is 5.34. The van der Waals surface area contributed by atoms with Gasteiger partial charge in [0.25, 0.3) is 0 Å². The molecule has 2 nitrogen and oxygen atoms in total. The molecule has 0 heterocycles. The highest BCUT2D eigenvalue weighted by Gasteiger charge is 2.01. The minimum Gasteiger partial charge on any atom is -0.255 e. The van der Waals surface area contributed by atoms with Crippen molar-refractivity contribution >= 4 is 35.5 Å². The molecule has 0 spiro atoms. The van der Waals surface area contributed by atoms with E-state index in [2.05, 4.69) is 106 Å². The third-order valence-corrected chi connectivity index (χ3v) is 17.5. The van der Waals surface area contributed by atoms with Crippen LogP contribution in [0.25, 0.3) is 12.2 Å². The highest BCUT2D eigenvalue weighted by atomic mass is 14.8. The van der Waals surface area contributed by atoms with E-state index in [1.807, 2.05) is 6.21 Å². The van der Waals surface area contributed by atoms with Gasteiger partial charge in [0.05, 0.1) is 23.3 Å². The summed E-state index contributed by atoms with van der Waals surface area (Å²) < 4.78 is 0. The lowest BCUT2D eigenvalue weighted by Crippen LogP contribution is -1.94. The number of hydrogen-bond acceptors (Lipinski definition) is 2. The molecule has 0 saturated carbocycles. The van der Waals surface area contributed by atoms with Crippen LogP contribution < -0.4 is 0 Å². The van der Waals surface area contributed by atoms with Gasteiger partial charge < -0.3 is 0 Å². The van der Waals surface area contributed by atoms with Crippen LogP contribution in [0.5, 0.6) is 0 Å². The third-order valence-electron chi connectivity index (χ3n) is 17.5. The zero-order valence-electron chi connectivity index (χ0n) is 55.4. The summed E-state index contributed by atoms with van der Waals surface area (Å²) in [7, 11) is 0. The predicted molar refractivity (Wildman–Crippen MR) is 376 cm³/mol. The Balaban J connectivity index is 1.50. The van der Waals surface area contributed by atoms with E-state index in [9.17, 15) is 0 Å². The maximum absolute atomic E-state index is 5.04. The van der Waals surface area contributed by atoms with Gasteiger partial charge in [-0.25, -0.2) is 4.99 Å². The molecule has 0 bridgehead atoms. The van der Waals surface area contributed by atoms with Crippen LogP contribution in [0.2, 0.25) is 0 Å². The second-order valence-corrected chi connectivity index (χ2v) is 25.6. The number of rotatable bonds is 63. The summed E-state index contributed by atoms with van der Waals surface area (Å²) in [4.78, 5) is 9.91. The van der Waals surface area contributed by atoms with Crippen molar-refractivity contribution in [3.05, 3.63) is 84.0 Å². The molecule has 468 valence electrons. The molecule has 0 fully saturated rings. The molecule has 0 aliphatic heterocycles. The minimum atomic E-state index is 0.897. The van der Waals surface area contributed by atoms with Gasteiger partial charge in [-0.1, -0.05) is 403 Å². The number of nitrogens with zero attached hydrogens (tertiary/aromatic N) is 2.